The Hall–Kier alpha value is -3.72. The fraction of sp³-hybridized carbons (Fsp3) is 0.370. The molecule has 36 heavy (non-hydrogen) atoms. The van der Waals surface area contributed by atoms with E-state index in [4.69, 9.17) is 9.47 Å². The van der Waals surface area contributed by atoms with Crippen LogP contribution in [0.15, 0.2) is 48.8 Å². The molecule has 2 amide bonds. The number of carbonyl (C=O) groups excluding carboxylic acids is 2. The molecule has 1 atom stereocenters. The smallest absolute Gasteiger partial charge is 0.274 e. The Bertz CT molecular complexity index is 1270. The van der Waals surface area contributed by atoms with Crippen molar-refractivity contribution in [3.05, 3.63) is 77.1 Å². The van der Waals surface area contributed by atoms with Crippen molar-refractivity contribution in [3.8, 4) is 5.75 Å². The number of amides is 2. The van der Waals surface area contributed by atoms with Crippen LogP contribution in [0.4, 0.5) is 10.1 Å². The Balaban J connectivity index is 1.18. The summed E-state index contributed by atoms with van der Waals surface area (Å²) in [7, 11) is 1.63. The van der Waals surface area contributed by atoms with Crippen molar-refractivity contribution in [3.63, 3.8) is 0 Å². The van der Waals surface area contributed by atoms with Crippen LogP contribution in [-0.2, 0) is 22.7 Å². The first-order valence-electron chi connectivity index (χ1n) is 12.1. The Labute approximate surface area is 209 Å². The summed E-state index contributed by atoms with van der Waals surface area (Å²) >= 11 is 0. The Kier molecular flexibility index (Phi) is 6.73. The van der Waals surface area contributed by atoms with Gasteiger partial charge >= 0.3 is 0 Å². The molecule has 3 aromatic rings. The van der Waals surface area contributed by atoms with Gasteiger partial charge in [0, 0.05) is 19.0 Å². The number of aromatic nitrogens is 2. The predicted molar refractivity (Wildman–Crippen MR) is 131 cm³/mol. The van der Waals surface area contributed by atoms with Gasteiger partial charge in [0.25, 0.3) is 5.91 Å². The van der Waals surface area contributed by atoms with Crippen molar-refractivity contribution in [1.82, 2.24) is 14.5 Å². The van der Waals surface area contributed by atoms with E-state index < -0.39 is 5.82 Å². The Morgan fingerprint density at radius 3 is 2.58 bits per heavy atom. The standard InChI is InChI=1S/C27H29FN4O4/c1-17-3-8-22(21(28)13-17)30-26(33)19-9-11-31(12-10-19)27(34)25-23-15-36-24(14-32(23)16-29-25)18-4-6-20(35-2)7-5-18/h3-8,13,16,19,24H,9-12,14-15H2,1-2H3,(H,30,33). The van der Waals surface area contributed by atoms with E-state index in [0.29, 0.717) is 44.8 Å². The summed E-state index contributed by atoms with van der Waals surface area (Å²) in [4.78, 5) is 32.0. The second-order valence-corrected chi connectivity index (χ2v) is 9.30. The van der Waals surface area contributed by atoms with Crippen molar-refractivity contribution < 1.29 is 23.5 Å². The van der Waals surface area contributed by atoms with E-state index in [2.05, 4.69) is 10.3 Å². The minimum Gasteiger partial charge on any atom is -0.497 e. The lowest BCUT2D eigenvalue weighted by Gasteiger charge is -2.31. The van der Waals surface area contributed by atoms with Gasteiger partial charge in [-0.05, 0) is 55.2 Å². The number of nitrogens with one attached hydrogen (secondary N) is 1. The largest absolute Gasteiger partial charge is 0.497 e. The summed E-state index contributed by atoms with van der Waals surface area (Å²) in [6, 6.07) is 12.5. The molecular formula is C27H29FN4O4. The van der Waals surface area contributed by atoms with Crippen molar-refractivity contribution in [1.29, 1.82) is 0 Å². The third-order valence-electron chi connectivity index (χ3n) is 6.96. The number of rotatable bonds is 5. The number of methoxy groups -OCH3 is 1. The summed E-state index contributed by atoms with van der Waals surface area (Å²) in [5.41, 5.74) is 3.17. The summed E-state index contributed by atoms with van der Waals surface area (Å²) in [5, 5.41) is 2.69. The maximum atomic E-state index is 14.1. The Morgan fingerprint density at radius 1 is 1.14 bits per heavy atom. The molecule has 1 fully saturated rings. The highest BCUT2D eigenvalue weighted by Gasteiger charge is 2.32. The molecule has 0 saturated carbocycles. The van der Waals surface area contributed by atoms with Crippen LogP contribution in [0.1, 0.15) is 46.3 Å². The number of likely N-dealkylation sites (tertiary alicyclic amines) is 1. The molecule has 2 aliphatic rings. The van der Waals surface area contributed by atoms with Crippen LogP contribution in [-0.4, -0.2) is 46.5 Å². The van der Waals surface area contributed by atoms with E-state index in [1.807, 2.05) is 28.8 Å². The van der Waals surface area contributed by atoms with Crippen LogP contribution < -0.4 is 10.1 Å². The second kappa shape index (κ2) is 10.1. The van der Waals surface area contributed by atoms with Crippen LogP contribution in [0, 0.1) is 18.7 Å². The van der Waals surface area contributed by atoms with Crippen LogP contribution in [0.25, 0.3) is 0 Å². The number of hydrogen-bond acceptors (Lipinski definition) is 5. The maximum absolute atomic E-state index is 14.1. The van der Waals surface area contributed by atoms with Gasteiger partial charge in [-0.2, -0.15) is 0 Å². The van der Waals surface area contributed by atoms with E-state index in [1.54, 1.807) is 37.4 Å². The molecule has 8 nitrogen and oxygen atoms in total. The molecule has 2 aliphatic heterocycles. The average Bonchev–Trinajstić information content (AvgIpc) is 3.33. The maximum Gasteiger partial charge on any atom is 0.274 e. The van der Waals surface area contributed by atoms with Crippen LogP contribution >= 0.6 is 0 Å². The van der Waals surface area contributed by atoms with Crippen LogP contribution in [0.3, 0.4) is 0 Å². The van der Waals surface area contributed by atoms with Crippen molar-refractivity contribution in [2.24, 2.45) is 5.92 Å². The van der Waals surface area contributed by atoms with E-state index in [0.717, 1.165) is 22.6 Å². The van der Waals surface area contributed by atoms with E-state index in [-0.39, 0.29) is 29.5 Å². The van der Waals surface area contributed by atoms with Gasteiger partial charge in [-0.15, -0.1) is 0 Å². The molecule has 1 saturated heterocycles. The highest BCUT2D eigenvalue weighted by molar-refractivity contribution is 5.95. The molecule has 1 unspecified atom stereocenters. The lowest BCUT2D eigenvalue weighted by molar-refractivity contribution is -0.121. The molecule has 188 valence electrons. The van der Waals surface area contributed by atoms with Crippen molar-refractivity contribution in [2.45, 2.75) is 39.0 Å². The monoisotopic (exact) mass is 492 g/mol. The topological polar surface area (TPSA) is 85.7 Å². The predicted octanol–water partition coefficient (Wildman–Crippen LogP) is 4.10. The molecule has 0 bridgehead atoms. The van der Waals surface area contributed by atoms with Gasteiger partial charge in [0.1, 0.15) is 17.7 Å². The summed E-state index contributed by atoms with van der Waals surface area (Å²) < 4.78 is 27.4. The molecule has 5 rings (SSSR count). The number of aryl methyl sites for hydroxylation is 1. The van der Waals surface area contributed by atoms with Crippen LogP contribution in [0.5, 0.6) is 5.75 Å². The third-order valence-corrected chi connectivity index (χ3v) is 6.96. The molecule has 1 N–H and O–H groups in total. The van der Waals surface area contributed by atoms with Gasteiger partial charge < -0.3 is 24.3 Å². The lowest BCUT2D eigenvalue weighted by atomic mass is 9.95. The number of benzene rings is 2. The number of nitrogens with zero attached hydrogens (tertiary/aromatic N) is 3. The first kappa shape index (κ1) is 24.0. The zero-order valence-electron chi connectivity index (χ0n) is 20.4. The summed E-state index contributed by atoms with van der Waals surface area (Å²) in [6.45, 7) is 3.53. The van der Waals surface area contributed by atoms with E-state index in [9.17, 15) is 14.0 Å². The van der Waals surface area contributed by atoms with Gasteiger partial charge in [0.2, 0.25) is 5.91 Å². The molecule has 1 aromatic heterocycles. The third kappa shape index (κ3) is 4.83. The van der Waals surface area contributed by atoms with Crippen molar-refractivity contribution >= 4 is 17.5 Å². The molecule has 9 heteroatoms. The van der Waals surface area contributed by atoms with E-state index in [1.165, 1.54) is 6.07 Å². The van der Waals surface area contributed by atoms with Gasteiger partial charge in [-0.3, -0.25) is 9.59 Å². The number of carbonyl (C=O) groups is 2. The first-order chi connectivity index (χ1) is 17.4. The number of fused-ring (bicyclic) bond motifs is 1. The quantitative estimate of drug-likeness (QED) is 0.580. The number of anilines is 1. The molecule has 2 aromatic carbocycles. The minimum absolute atomic E-state index is 0.131. The van der Waals surface area contributed by atoms with Crippen molar-refractivity contribution in [2.75, 3.05) is 25.5 Å². The lowest BCUT2D eigenvalue weighted by Crippen LogP contribution is -2.42. The van der Waals surface area contributed by atoms with Crippen LogP contribution in [0.2, 0.25) is 0 Å². The van der Waals surface area contributed by atoms with Gasteiger partial charge in [-0.25, -0.2) is 9.37 Å². The normalized spacial score (nSPS) is 18.0. The molecule has 0 aliphatic carbocycles. The molecular weight excluding hydrogens is 463 g/mol. The fourth-order valence-electron chi connectivity index (χ4n) is 4.78. The SMILES string of the molecule is COc1ccc(C2Cn3cnc(C(=O)N4CCC(C(=O)Nc5ccc(C)cc5F)CC4)c3CO2)cc1. The molecule has 3 heterocycles. The highest BCUT2D eigenvalue weighted by Crippen LogP contribution is 2.30. The fourth-order valence-corrected chi connectivity index (χ4v) is 4.78. The number of ether oxygens (including phenoxy) is 2. The number of halogens is 1. The van der Waals surface area contributed by atoms with E-state index >= 15 is 0 Å². The summed E-state index contributed by atoms with van der Waals surface area (Å²) in [6.07, 6.45) is 2.58. The van der Waals surface area contributed by atoms with Gasteiger partial charge in [0.15, 0.2) is 5.69 Å². The first-order valence-corrected chi connectivity index (χ1v) is 12.1. The summed E-state index contributed by atoms with van der Waals surface area (Å²) in [5.74, 6) is -0.313. The second-order valence-electron chi connectivity index (χ2n) is 9.30. The Morgan fingerprint density at radius 2 is 1.89 bits per heavy atom. The zero-order valence-corrected chi connectivity index (χ0v) is 20.4. The number of piperidine rings is 1. The molecule has 0 radical (unpaired) electrons. The van der Waals surface area contributed by atoms with Gasteiger partial charge in [0.05, 0.1) is 38.0 Å². The highest BCUT2D eigenvalue weighted by atomic mass is 19.1. The zero-order chi connectivity index (χ0) is 25.2. The number of hydrogen-bond donors (Lipinski definition) is 1. The number of imidazole rings is 1. The van der Waals surface area contributed by atoms with Gasteiger partial charge in [-0.1, -0.05) is 18.2 Å². The minimum atomic E-state index is -0.447. The average molecular weight is 493 g/mol. The molecule has 0 spiro atoms.